The number of anilines is 1. The van der Waals surface area contributed by atoms with Crippen LogP contribution in [0.15, 0.2) is 18.2 Å². The number of fused-ring (bicyclic) bond motifs is 1. The molecule has 0 unspecified atom stereocenters. The molecule has 1 saturated heterocycles. The van der Waals surface area contributed by atoms with E-state index in [0.29, 0.717) is 30.2 Å². The highest BCUT2D eigenvalue weighted by atomic mass is 32.2. The van der Waals surface area contributed by atoms with Crippen molar-refractivity contribution in [3.8, 4) is 0 Å². The second-order valence-electron chi connectivity index (χ2n) is 7.01. The zero-order valence-corrected chi connectivity index (χ0v) is 16.4. The molecule has 29 heavy (non-hydrogen) atoms. The standard InChI is InChI=1S/C17H21N7O4S/c25-14(10-23-6-8-29(28)9-7-23)20-21-16(27)12-2-1-3-13-18-17(22-24(12)13)19-15(26)11-4-5-11/h1-3,11H,4-10H2,(H,20,25)(H,21,27)(H,19,22,26). The monoisotopic (exact) mass is 419 g/mol. The number of rotatable bonds is 5. The fourth-order valence-corrected chi connectivity index (χ4v) is 4.08. The number of nitrogens with one attached hydrogen (secondary N) is 3. The van der Waals surface area contributed by atoms with Gasteiger partial charge in [-0.1, -0.05) is 6.07 Å². The van der Waals surface area contributed by atoms with E-state index >= 15 is 0 Å². The average Bonchev–Trinajstić information content (AvgIpc) is 3.48. The summed E-state index contributed by atoms with van der Waals surface area (Å²) in [6.07, 6.45) is 1.73. The molecule has 0 spiro atoms. The summed E-state index contributed by atoms with van der Waals surface area (Å²) in [7, 11) is -0.811. The average molecular weight is 419 g/mol. The van der Waals surface area contributed by atoms with E-state index in [1.54, 1.807) is 12.1 Å². The first-order chi connectivity index (χ1) is 14.0. The van der Waals surface area contributed by atoms with E-state index < -0.39 is 16.7 Å². The van der Waals surface area contributed by atoms with Crippen LogP contribution < -0.4 is 16.2 Å². The van der Waals surface area contributed by atoms with Crippen LogP contribution in [0.1, 0.15) is 23.3 Å². The zero-order valence-electron chi connectivity index (χ0n) is 15.6. The van der Waals surface area contributed by atoms with Crippen LogP contribution in [-0.4, -0.2) is 72.6 Å². The zero-order chi connectivity index (χ0) is 20.4. The Hall–Kier alpha value is -2.86. The lowest BCUT2D eigenvalue weighted by atomic mass is 10.3. The minimum absolute atomic E-state index is 0.0134. The van der Waals surface area contributed by atoms with E-state index in [-0.39, 0.29) is 35.9 Å². The van der Waals surface area contributed by atoms with E-state index in [1.807, 2.05) is 4.90 Å². The van der Waals surface area contributed by atoms with E-state index in [1.165, 1.54) is 10.6 Å². The normalized spacial score (nSPS) is 17.8. The fourth-order valence-electron chi connectivity index (χ4n) is 2.95. The van der Waals surface area contributed by atoms with Gasteiger partial charge in [0.25, 0.3) is 11.8 Å². The van der Waals surface area contributed by atoms with Crippen LogP contribution >= 0.6 is 0 Å². The van der Waals surface area contributed by atoms with E-state index in [4.69, 9.17) is 0 Å². The summed E-state index contributed by atoms with van der Waals surface area (Å²) in [5.74, 6) is 0.193. The van der Waals surface area contributed by atoms with Gasteiger partial charge in [0.1, 0.15) is 5.69 Å². The van der Waals surface area contributed by atoms with Gasteiger partial charge < -0.3 is 0 Å². The number of nitrogens with zero attached hydrogens (tertiary/aromatic N) is 4. The predicted octanol–water partition coefficient (Wildman–Crippen LogP) is -1.10. The molecular formula is C17H21N7O4S. The van der Waals surface area contributed by atoms with Crippen LogP contribution in [0, 0.1) is 5.92 Å². The summed E-state index contributed by atoms with van der Waals surface area (Å²) in [5.41, 5.74) is 5.31. The number of aromatic nitrogens is 3. The molecule has 2 aromatic heterocycles. The second kappa shape index (κ2) is 8.25. The van der Waals surface area contributed by atoms with Gasteiger partial charge in [-0.25, -0.2) is 4.52 Å². The second-order valence-corrected chi connectivity index (χ2v) is 8.70. The molecule has 0 radical (unpaired) electrons. The summed E-state index contributed by atoms with van der Waals surface area (Å²) >= 11 is 0. The molecule has 0 atom stereocenters. The van der Waals surface area contributed by atoms with Gasteiger partial charge in [0.15, 0.2) is 5.65 Å². The van der Waals surface area contributed by atoms with Gasteiger partial charge in [0.2, 0.25) is 11.9 Å². The summed E-state index contributed by atoms with van der Waals surface area (Å²) in [6.45, 7) is 1.28. The molecule has 1 aliphatic carbocycles. The third kappa shape index (κ3) is 4.77. The van der Waals surface area contributed by atoms with Crippen molar-refractivity contribution in [2.75, 3.05) is 36.5 Å². The van der Waals surface area contributed by atoms with Crippen LogP contribution in [0.5, 0.6) is 0 Å². The Morgan fingerprint density at radius 1 is 1.14 bits per heavy atom. The SMILES string of the molecule is O=C(CN1CCS(=O)CC1)NNC(=O)c1cccc2nc(NC(=O)C3CC3)nn12. The Morgan fingerprint density at radius 2 is 1.90 bits per heavy atom. The lowest BCUT2D eigenvalue weighted by molar-refractivity contribution is -0.123. The number of hydrazine groups is 1. The van der Waals surface area contributed by atoms with Crippen molar-refractivity contribution >= 4 is 40.1 Å². The van der Waals surface area contributed by atoms with Crippen LogP contribution in [0.4, 0.5) is 5.95 Å². The Balaban J connectivity index is 1.36. The topological polar surface area (TPSA) is 138 Å². The minimum atomic E-state index is -0.811. The molecule has 2 aromatic rings. The van der Waals surface area contributed by atoms with Gasteiger partial charge in [0, 0.05) is 41.3 Å². The smallest absolute Gasteiger partial charge is 0.288 e. The molecule has 154 valence electrons. The van der Waals surface area contributed by atoms with Crippen molar-refractivity contribution in [3.63, 3.8) is 0 Å². The van der Waals surface area contributed by atoms with Gasteiger partial charge in [-0.3, -0.25) is 39.7 Å². The Labute approximate surface area is 168 Å². The maximum atomic E-state index is 12.5. The summed E-state index contributed by atoms with van der Waals surface area (Å²) < 4.78 is 12.7. The minimum Gasteiger partial charge on any atom is -0.293 e. The van der Waals surface area contributed by atoms with Crippen LogP contribution in [0.25, 0.3) is 5.65 Å². The van der Waals surface area contributed by atoms with Gasteiger partial charge >= 0.3 is 0 Å². The lowest BCUT2D eigenvalue weighted by Crippen LogP contribution is -2.49. The van der Waals surface area contributed by atoms with Gasteiger partial charge in [0.05, 0.1) is 6.54 Å². The maximum absolute atomic E-state index is 12.5. The lowest BCUT2D eigenvalue weighted by Gasteiger charge is -2.25. The third-order valence-electron chi connectivity index (χ3n) is 4.73. The number of pyridine rings is 1. The molecule has 2 fully saturated rings. The molecule has 11 nitrogen and oxygen atoms in total. The van der Waals surface area contributed by atoms with Crippen molar-refractivity contribution in [1.82, 2.24) is 30.3 Å². The highest BCUT2D eigenvalue weighted by Crippen LogP contribution is 2.29. The summed E-state index contributed by atoms with van der Waals surface area (Å²) in [5, 5.41) is 6.82. The summed E-state index contributed by atoms with van der Waals surface area (Å²) in [6, 6.07) is 4.84. The maximum Gasteiger partial charge on any atom is 0.288 e. The number of hydrogen-bond acceptors (Lipinski definition) is 7. The molecule has 3 N–H and O–H groups in total. The van der Waals surface area contributed by atoms with Crippen LogP contribution in [0.2, 0.25) is 0 Å². The summed E-state index contributed by atoms with van der Waals surface area (Å²) in [4.78, 5) is 42.5. The van der Waals surface area contributed by atoms with Crippen molar-refractivity contribution in [1.29, 1.82) is 0 Å². The molecule has 1 aliphatic heterocycles. The molecular weight excluding hydrogens is 398 g/mol. The van der Waals surface area contributed by atoms with Crippen molar-refractivity contribution in [2.24, 2.45) is 5.92 Å². The molecule has 3 heterocycles. The van der Waals surface area contributed by atoms with E-state index in [2.05, 4.69) is 26.3 Å². The molecule has 0 aromatic carbocycles. The number of hydrogen-bond donors (Lipinski definition) is 3. The quantitative estimate of drug-likeness (QED) is 0.523. The number of amides is 3. The Kier molecular flexibility index (Phi) is 5.53. The first-order valence-corrected chi connectivity index (χ1v) is 10.8. The van der Waals surface area contributed by atoms with E-state index in [0.717, 1.165) is 12.8 Å². The predicted molar refractivity (Wildman–Crippen MR) is 104 cm³/mol. The van der Waals surface area contributed by atoms with Crippen molar-refractivity contribution in [2.45, 2.75) is 12.8 Å². The largest absolute Gasteiger partial charge is 0.293 e. The Morgan fingerprint density at radius 3 is 2.62 bits per heavy atom. The molecule has 2 aliphatic rings. The van der Waals surface area contributed by atoms with Gasteiger partial charge in [-0.15, -0.1) is 5.10 Å². The number of carbonyl (C=O) groups excluding carboxylic acids is 3. The highest BCUT2D eigenvalue weighted by molar-refractivity contribution is 7.85. The van der Waals surface area contributed by atoms with Crippen LogP contribution in [-0.2, 0) is 20.4 Å². The van der Waals surface area contributed by atoms with Gasteiger partial charge in [-0.2, -0.15) is 4.98 Å². The fraction of sp³-hybridized carbons (Fsp3) is 0.471. The first kappa shape index (κ1) is 19.5. The molecule has 12 heteroatoms. The molecule has 4 rings (SSSR count). The molecule has 0 bridgehead atoms. The highest BCUT2D eigenvalue weighted by Gasteiger charge is 2.30. The molecule has 1 saturated carbocycles. The Bertz CT molecular complexity index is 977. The third-order valence-corrected chi connectivity index (χ3v) is 6.00. The molecule has 3 amide bonds. The van der Waals surface area contributed by atoms with Crippen molar-refractivity contribution in [3.05, 3.63) is 23.9 Å². The van der Waals surface area contributed by atoms with E-state index in [9.17, 15) is 18.6 Å². The van der Waals surface area contributed by atoms with Crippen LogP contribution in [0.3, 0.4) is 0 Å². The number of carbonyl (C=O) groups is 3. The van der Waals surface area contributed by atoms with Crippen molar-refractivity contribution < 1.29 is 18.6 Å². The van der Waals surface area contributed by atoms with Gasteiger partial charge in [-0.05, 0) is 25.0 Å². The first-order valence-electron chi connectivity index (χ1n) is 9.33.